The smallest absolute Gasteiger partial charge is 0.407 e. The zero-order valence-corrected chi connectivity index (χ0v) is 19.7. The standard InChI is InChI=1S/C24H31N3O6/c1-23(2,3)33-22(30)26-15-24(4,5)21(29)32-17-31-20(28)11-10-18-6-8-19(9-7-18)14-27-13-12-25-16-27/h6-13,16H,14-15,17H2,1-5H3,(H,26,30)/b11-10+. The Balaban J connectivity index is 1.72. The minimum atomic E-state index is -1.03. The van der Waals surface area contributed by atoms with E-state index in [0.717, 1.165) is 11.1 Å². The highest BCUT2D eigenvalue weighted by molar-refractivity contribution is 5.87. The van der Waals surface area contributed by atoms with Crippen LogP contribution < -0.4 is 5.32 Å². The highest BCUT2D eigenvalue weighted by atomic mass is 16.7. The molecule has 2 aromatic rings. The van der Waals surface area contributed by atoms with Crippen LogP contribution in [0, 0.1) is 5.41 Å². The minimum absolute atomic E-state index is 0.00539. The van der Waals surface area contributed by atoms with Gasteiger partial charge < -0.3 is 24.1 Å². The number of aromatic nitrogens is 2. The van der Waals surface area contributed by atoms with Crippen molar-refractivity contribution < 1.29 is 28.6 Å². The molecular weight excluding hydrogens is 426 g/mol. The van der Waals surface area contributed by atoms with Gasteiger partial charge in [-0.2, -0.15) is 0 Å². The Morgan fingerprint density at radius 1 is 1.06 bits per heavy atom. The lowest BCUT2D eigenvalue weighted by Gasteiger charge is -2.24. The van der Waals surface area contributed by atoms with E-state index >= 15 is 0 Å². The second kappa shape index (κ2) is 11.3. The highest BCUT2D eigenvalue weighted by Crippen LogP contribution is 2.17. The summed E-state index contributed by atoms with van der Waals surface area (Å²) in [5.74, 6) is -1.27. The van der Waals surface area contributed by atoms with E-state index in [9.17, 15) is 14.4 Å². The maximum Gasteiger partial charge on any atom is 0.407 e. The molecule has 0 fully saturated rings. The monoisotopic (exact) mass is 457 g/mol. The number of carbonyl (C=O) groups is 3. The summed E-state index contributed by atoms with van der Waals surface area (Å²) in [7, 11) is 0. The van der Waals surface area contributed by atoms with Gasteiger partial charge in [-0.1, -0.05) is 24.3 Å². The second-order valence-electron chi connectivity index (χ2n) is 9.06. The molecular formula is C24H31N3O6. The Labute approximate surface area is 193 Å². The summed E-state index contributed by atoms with van der Waals surface area (Å²) >= 11 is 0. The molecule has 0 saturated heterocycles. The van der Waals surface area contributed by atoms with Crippen molar-refractivity contribution in [1.29, 1.82) is 0 Å². The molecule has 1 amide bonds. The number of benzene rings is 1. The van der Waals surface area contributed by atoms with E-state index < -0.39 is 35.8 Å². The van der Waals surface area contributed by atoms with Gasteiger partial charge >= 0.3 is 18.0 Å². The summed E-state index contributed by atoms with van der Waals surface area (Å²) in [6.07, 6.45) is 7.59. The molecule has 178 valence electrons. The number of ether oxygens (including phenoxy) is 3. The minimum Gasteiger partial charge on any atom is -0.444 e. The molecule has 1 heterocycles. The maximum atomic E-state index is 12.2. The van der Waals surface area contributed by atoms with Crippen LogP contribution >= 0.6 is 0 Å². The van der Waals surface area contributed by atoms with Crippen molar-refractivity contribution in [3.05, 3.63) is 60.2 Å². The van der Waals surface area contributed by atoms with E-state index in [2.05, 4.69) is 10.3 Å². The first kappa shape index (κ1) is 25.6. The van der Waals surface area contributed by atoms with Gasteiger partial charge in [-0.05, 0) is 51.8 Å². The van der Waals surface area contributed by atoms with Crippen molar-refractivity contribution in [3.8, 4) is 0 Å². The number of hydrogen-bond donors (Lipinski definition) is 1. The van der Waals surface area contributed by atoms with Crippen molar-refractivity contribution in [2.45, 2.75) is 46.8 Å². The average molecular weight is 458 g/mol. The van der Waals surface area contributed by atoms with Crippen LogP contribution in [0.5, 0.6) is 0 Å². The fraction of sp³-hybridized carbons (Fsp3) is 0.417. The molecule has 33 heavy (non-hydrogen) atoms. The van der Waals surface area contributed by atoms with Gasteiger partial charge in [0.15, 0.2) is 0 Å². The number of alkyl carbamates (subject to hydrolysis) is 1. The van der Waals surface area contributed by atoms with Gasteiger partial charge in [0.2, 0.25) is 6.79 Å². The first-order chi connectivity index (χ1) is 15.4. The van der Waals surface area contributed by atoms with Crippen LogP contribution in [0.15, 0.2) is 49.1 Å². The first-order valence-corrected chi connectivity index (χ1v) is 10.5. The van der Waals surface area contributed by atoms with Gasteiger partial charge in [0.05, 0.1) is 11.7 Å². The van der Waals surface area contributed by atoms with Gasteiger partial charge in [-0.3, -0.25) is 4.79 Å². The molecule has 1 N–H and O–H groups in total. The molecule has 0 spiro atoms. The Morgan fingerprint density at radius 3 is 2.36 bits per heavy atom. The lowest BCUT2D eigenvalue weighted by molar-refractivity contribution is -0.171. The van der Waals surface area contributed by atoms with Crippen molar-refractivity contribution in [2.24, 2.45) is 5.41 Å². The Bertz CT molecular complexity index is 957. The zero-order valence-electron chi connectivity index (χ0n) is 19.7. The quantitative estimate of drug-likeness (QED) is 0.348. The Kier molecular flexibility index (Phi) is 8.78. The first-order valence-electron chi connectivity index (χ1n) is 10.5. The second-order valence-corrected chi connectivity index (χ2v) is 9.06. The predicted molar refractivity (Wildman–Crippen MR) is 122 cm³/mol. The fourth-order valence-electron chi connectivity index (χ4n) is 2.55. The molecule has 0 atom stereocenters. The number of nitrogens with zero attached hydrogens (tertiary/aromatic N) is 2. The van der Waals surface area contributed by atoms with E-state index in [-0.39, 0.29) is 6.54 Å². The summed E-state index contributed by atoms with van der Waals surface area (Å²) in [4.78, 5) is 39.9. The lowest BCUT2D eigenvalue weighted by atomic mass is 9.94. The van der Waals surface area contributed by atoms with Crippen molar-refractivity contribution in [1.82, 2.24) is 14.9 Å². The fourth-order valence-corrected chi connectivity index (χ4v) is 2.55. The van der Waals surface area contributed by atoms with Crippen LogP contribution in [-0.4, -0.2) is 46.5 Å². The van der Waals surface area contributed by atoms with Crippen LogP contribution in [0.1, 0.15) is 45.7 Å². The van der Waals surface area contributed by atoms with Crippen molar-refractivity contribution in [2.75, 3.05) is 13.3 Å². The molecule has 2 rings (SSSR count). The van der Waals surface area contributed by atoms with Crippen LogP contribution in [-0.2, 0) is 30.3 Å². The van der Waals surface area contributed by atoms with Gasteiger partial charge in [-0.25, -0.2) is 14.6 Å². The van der Waals surface area contributed by atoms with Crippen molar-refractivity contribution >= 4 is 24.1 Å². The van der Waals surface area contributed by atoms with Gasteiger partial charge in [-0.15, -0.1) is 0 Å². The maximum absolute atomic E-state index is 12.2. The molecule has 0 unspecified atom stereocenters. The molecule has 0 saturated carbocycles. The number of amides is 1. The normalized spacial score (nSPS) is 11.8. The molecule has 0 bridgehead atoms. The van der Waals surface area contributed by atoms with E-state index in [4.69, 9.17) is 14.2 Å². The van der Waals surface area contributed by atoms with Crippen LogP contribution in [0.4, 0.5) is 4.79 Å². The largest absolute Gasteiger partial charge is 0.444 e. The molecule has 1 aromatic carbocycles. The number of carbonyl (C=O) groups excluding carboxylic acids is 3. The predicted octanol–water partition coefficient (Wildman–Crippen LogP) is 3.54. The number of rotatable bonds is 9. The SMILES string of the molecule is CC(C)(C)OC(=O)NCC(C)(C)C(=O)OCOC(=O)/C=C/c1ccc(Cn2ccnc2)cc1. The average Bonchev–Trinajstić information content (AvgIpc) is 3.23. The Hall–Kier alpha value is -3.62. The third-order valence-electron chi connectivity index (χ3n) is 4.33. The van der Waals surface area contributed by atoms with Crippen molar-refractivity contribution in [3.63, 3.8) is 0 Å². The van der Waals surface area contributed by atoms with Crippen LogP contribution in [0.2, 0.25) is 0 Å². The summed E-state index contributed by atoms with van der Waals surface area (Å²) in [5, 5.41) is 2.53. The Morgan fingerprint density at radius 2 is 1.76 bits per heavy atom. The van der Waals surface area contributed by atoms with E-state index in [1.165, 1.54) is 6.08 Å². The molecule has 0 aliphatic carbocycles. The summed E-state index contributed by atoms with van der Waals surface area (Å²) in [5.41, 5.74) is 0.257. The molecule has 0 aliphatic rings. The zero-order chi connectivity index (χ0) is 24.5. The number of esters is 2. The molecule has 0 aliphatic heterocycles. The lowest BCUT2D eigenvalue weighted by Crippen LogP contribution is -2.42. The topological polar surface area (TPSA) is 109 Å². The summed E-state index contributed by atoms with van der Waals surface area (Å²) in [6.45, 7) is 8.62. The van der Waals surface area contributed by atoms with Gasteiger partial charge in [0.25, 0.3) is 0 Å². The van der Waals surface area contributed by atoms with E-state index in [1.54, 1.807) is 53.2 Å². The molecule has 9 heteroatoms. The molecule has 9 nitrogen and oxygen atoms in total. The van der Waals surface area contributed by atoms with Crippen LogP contribution in [0.3, 0.4) is 0 Å². The molecule has 1 aromatic heterocycles. The van der Waals surface area contributed by atoms with Crippen LogP contribution in [0.25, 0.3) is 6.08 Å². The summed E-state index contributed by atoms with van der Waals surface area (Å²) in [6, 6.07) is 7.69. The number of nitrogens with one attached hydrogen (secondary N) is 1. The van der Waals surface area contributed by atoms with Gasteiger partial charge in [0, 0.05) is 31.6 Å². The summed E-state index contributed by atoms with van der Waals surface area (Å²) < 4.78 is 17.0. The third-order valence-corrected chi connectivity index (χ3v) is 4.33. The van der Waals surface area contributed by atoms with Gasteiger partial charge in [0.1, 0.15) is 5.60 Å². The third kappa shape index (κ3) is 9.59. The van der Waals surface area contributed by atoms with E-state index in [0.29, 0.717) is 6.54 Å². The number of hydrogen-bond acceptors (Lipinski definition) is 7. The number of imidazole rings is 1. The van der Waals surface area contributed by atoms with E-state index in [1.807, 2.05) is 35.0 Å². The highest BCUT2D eigenvalue weighted by Gasteiger charge is 2.31. The molecule has 0 radical (unpaired) electrons.